The topological polar surface area (TPSA) is 0 Å². The quantitative estimate of drug-likeness (QED) is 0.170. The number of rotatable bonds is 2. The second-order valence-electron chi connectivity index (χ2n) is 14.8. The SMILES string of the molecule is CC1(C)c2ccccc2-c2c1ccc1c2-c2cc(-c3c4ccccc4c(-c4cccc5ccccc45)c4ccccc34)ccc2C1(C)C. The van der Waals surface area contributed by atoms with Gasteiger partial charge in [-0.15, -0.1) is 0 Å². The van der Waals surface area contributed by atoms with Crippen molar-refractivity contribution in [3.05, 3.63) is 168 Å². The molecular formula is C48H36. The van der Waals surface area contributed by atoms with Gasteiger partial charge in [0, 0.05) is 10.8 Å². The maximum absolute atomic E-state index is 2.52. The van der Waals surface area contributed by atoms with Gasteiger partial charge in [0.2, 0.25) is 0 Å². The van der Waals surface area contributed by atoms with E-state index < -0.39 is 0 Å². The van der Waals surface area contributed by atoms with Gasteiger partial charge in [-0.3, -0.25) is 0 Å². The Bertz CT molecular complexity index is 2600. The van der Waals surface area contributed by atoms with Crippen LogP contribution in [0.5, 0.6) is 0 Å². The van der Waals surface area contributed by atoms with Crippen molar-refractivity contribution in [2.45, 2.75) is 38.5 Å². The van der Waals surface area contributed by atoms with Crippen LogP contribution in [0.1, 0.15) is 49.9 Å². The van der Waals surface area contributed by atoms with Crippen molar-refractivity contribution in [1.82, 2.24) is 0 Å². The van der Waals surface area contributed by atoms with Crippen molar-refractivity contribution in [3.63, 3.8) is 0 Å². The third-order valence-electron chi connectivity index (χ3n) is 11.7. The molecule has 0 saturated carbocycles. The smallest absolute Gasteiger partial charge is 0.0159 e. The molecule has 0 heteroatoms. The Kier molecular flexibility index (Phi) is 5.50. The van der Waals surface area contributed by atoms with E-state index in [0.29, 0.717) is 0 Å². The Morgan fingerprint density at radius 3 is 1.44 bits per heavy atom. The minimum Gasteiger partial charge on any atom is -0.0619 e. The van der Waals surface area contributed by atoms with E-state index in [1.165, 1.54) is 99.1 Å². The molecule has 0 heterocycles. The molecule has 0 spiro atoms. The molecule has 0 unspecified atom stereocenters. The summed E-state index contributed by atoms with van der Waals surface area (Å²) in [5, 5.41) is 7.73. The van der Waals surface area contributed by atoms with E-state index in [4.69, 9.17) is 0 Å². The van der Waals surface area contributed by atoms with Gasteiger partial charge in [0.1, 0.15) is 0 Å². The summed E-state index contributed by atoms with van der Waals surface area (Å²) in [6.45, 7) is 9.58. The first kappa shape index (κ1) is 27.6. The van der Waals surface area contributed by atoms with Crippen LogP contribution in [-0.4, -0.2) is 0 Å². The molecule has 0 nitrogen and oxygen atoms in total. The van der Waals surface area contributed by atoms with Crippen LogP contribution >= 0.6 is 0 Å². The van der Waals surface area contributed by atoms with Crippen molar-refractivity contribution in [2.24, 2.45) is 0 Å². The van der Waals surface area contributed by atoms with Gasteiger partial charge in [-0.05, 0) is 105 Å². The lowest BCUT2D eigenvalue weighted by Gasteiger charge is -2.24. The fourth-order valence-corrected chi connectivity index (χ4v) is 9.36. The Labute approximate surface area is 282 Å². The molecule has 2 aliphatic carbocycles. The molecule has 0 amide bonds. The van der Waals surface area contributed by atoms with Gasteiger partial charge in [-0.25, -0.2) is 0 Å². The number of hydrogen-bond acceptors (Lipinski definition) is 0. The summed E-state index contributed by atoms with van der Waals surface area (Å²) in [6, 6.07) is 54.8. The van der Waals surface area contributed by atoms with Gasteiger partial charge in [0.15, 0.2) is 0 Å². The summed E-state index contributed by atoms with van der Waals surface area (Å²) in [4.78, 5) is 0. The maximum Gasteiger partial charge on any atom is 0.0159 e. The molecule has 0 fully saturated rings. The fourth-order valence-electron chi connectivity index (χ4n) is 9.36. The summed E-state index contributed by atoms with van der Waals surface area (Å²) >= 11 is 0. The molecule has 2 aliphatic rings. The lowest BCUT2D eigenvalue weighted by molar-refractivity contribution is 0.651. The van der Waals surface area contributed by atoms with E-state index in [1.54, 1.807) is 0 Å². The molecule has 8 aromatic carbocycles. The van der Waals surface area contributed by atoms with Gasteiger partial charge < -0.3 is 0 Å². The first-order chi connectivity index (χ1) is 23.4. The first-order valence-electron chi connectivity index (χ1n) is 17.2. The third-order valence-corrected chi connectivity index (χ3v) is 11.7. The minimum absolute atomic E-state index is 0.0324. The van der Waals surface area contributed by atoms with Gasteiger partial charge in [-0.1, -0.05) is 167 Å². The molecule has 0 aliphatic heterocycles. The molecule has 48 heavy (non-hydrogen) atoms. The zero-order valence-electron chi connectivity index (χ0n) is 27.9. The molecule has 10 rings (SSSR count). The summed E-state index contributed by atoms with van der Waals surface area (Å²) in [7, 11) is 0. The van der Waals surface area contributed by atoms with E-state index in [2.05, 4.69) is 173 Å². The predicted molar refractivity (Wildman–Crippen MR) is 205 cm³/mol. The van der Waals surface area contributed by atoms with E-state index in [9.17, 15) is 0 Å². The highest BCUT2D eigenvalue weighted by atomic mass is 14.5. The second kappa shape index (κ2) is 9.55. The molecule has 0 bridgehead atoms. The van der Waals surface area contributed by atoms with E-state index in [1.807, 2.05) is 0 Å². The Balaban J connectivity index is 1.29. The first-order valence-corrected chi connectivity index (χ1v) is 17.2. The van der Waals surface area contributed by atoms with Crippen LogP contribution in [0.2, 0.25) is 0 Å². The predicted octanol–water partition coefficient (Wildman–Crippen LogP) is 13.1. The highest BCUT2D eigenvalue weighted by molar-refractivity contribution is 6.23. The van der Waals surface area contributed by atoms with Crippen LogP contribution in [0.4, 0.5) is 0 Å². The zero-order chi connectivity index (χ0) is 32.4. The second-order valence-corrected chi connectivity index (χ2v) is 14.8. The van der Waals surface area contributed by atoms with E-state index in [-0.39, 0.29) is 10.8 Å². The number of benzene rings is 8. The van der Waals surface area contributed by atoms with Gasteiger partial charge >= 0.3 is 0 Å². The molecule has 0 atom stereocenters. The van der Waals surface area contributed by atoms with Crippen molar-refractivity contribution >= 4 is 32.3 Å². The Morgan fingerprint density at radius 1 is 0.312 bits per heavy atom. The molecule has 0 radical (unpaired) electrons. The summed E-state index contributed by atoms with van der Waals surface area (Å²) in [5.41, 5.74) is 16.4. The lowest BCUT2D eigenvalue weighted by atomic mass is 9.79. The summed E-state index contributed by atoms with van der Waals surface area (Å²) in [5.74, 6) is 0. The zero-order valence-corrected chi connectivity index (χ0v) is 27.9. The van der Waals surface area contributed by atoms with E-state index in [0.717, 1.165) is 0 Å². The number of hydrogen-bond donors (Lipinski definition) is 0. The third kappa shape index (κ3) is 3.50. The Hall–Kier alpha value is -5.46. The van der Waals surface area contributed by atoms with Crippen LogP contribution in [0, 0.1) is 0 Å². The molecule has 0 N–H and O–H groups in total. The van der Waals surface area contributed by atoms with Crippen molar-refractivity contribution in [3.8, 4) is 44.5 Å². The monoisotopic (exact) mass is 612 g/mol. The normalized spacial score (nSPS) is 15.0. The van der Waals surface area contributed by atoms with Crippen molar-refractivity contribution in [1.29, 1.82) is 0 Å². The van der Waals surface area contributed by atoms with Crippen LogP contribution in [0.15, 0.2) is 146 Å². The number of fused-ring (bicyclic) bond motifs is 10. The summed E-state index contributed by atoms with van der Waals surface area (Å²) < 4.78 is 0. The Morgan fingerprint density at radius 2 is 0.771 bits per heavy atom. The highest BCUT2D eigenvalue weighted by Gasteiger charge is 2.43. The largest absolute Gasteiger partial charge is 0.0619 e. The maximum atomic E-state index is 2.52. The van der Waals surface area contributed by atoms with Crippen LogP contribution in [-0.2, 0) is 10.8 Å². The average molecular weight is 613 g/mol. The summed E-state index contributed by atoms with van der Waals surface area (Å²) in [6.07, 6.45) is 0. The lowest BCUT2D eigenvalue weighted by Crippen LogP contribution is -2.17. The van der Waals surface area contributed by atoms with Crippen LogP contribution in [0.25, 0.3) is 76.8 Å². The van der Waals surface area contributed by atoms with Crippen molar-refractivity contribution < 1.29 is 0 Å². The van der Waals surface area contributed by atoms with Crippen LogP contribution in [0.3, 0.4) is 0 Å². The molecular weight excluding hydrogens is 577 g/mol. The average Bonchev–Trinajstić information content (AvgIpc) is 3.49. The highest BCUT2D eigenvalue weighted by Crippen LogP contribution is 2.59. The molecule has 228 valence electrons. The van der Waals surface area contributed by atoms with Crippen molar-refractivity contribution in [2.75, 3.05) is 0 Å². The van der Waals surface area contributed by atoms with Gasteiger partial charge in [0.25, 0.3) is 0 Å². The molecule has 8 aromatic rings. The molecule has 0 aromatic heterocycles. The van der Waals surface area contributed by atoms with Crippen LogP contribution < -0.4 is 0 Å². The van der Waals surface area contributed by atoms with Gasteiger partial charge in [0.05, 0.1) is 0 Å². The molecule has 0 saturated heterocycles. The van der Waals surface area contributed by atoms with Gasteiger partial charge in [-0.2, -0.15) is 0 Å². The standard InChI is InChI=1S/C48H36/c1-47(2)39-23-12-11-21-37(39)45-41(47)26-27-42-46(45)38-28-30(24-25-40(38)48(42,3)4)43-33-17-7-9-19-35(33)44(36-20-10-8-18-34(36)43)32-22-13-15-29-14-5-6-16-31(29)32/h5-28H,1-4H3. The van der Waals surface area contributed by atoms with E-state index >= 15 is 0 Å². The minimum atomic E-state index is -0.0811. The fraction of sp³-hybridized carbons (Fsp3) is 0.125.